The van der Waals surface area contributed by atoms with Crippen molar-refractivity contribution in [2.75, 3.05) is 5.32 Å². The molecule has 20 heavy (non-hydrogen) atoms. The van der Waals surface area contributed by atoms with Crippen LogP contribution in [0.4, 0.5) is 5.69 Å². The average molecular weight is 293 g/mol. The van der Waals surface area contributed by atoms with Gasteiger partial charge in [0.05, 0.1) is 11.4 Å². The quantitative estimate of drug-likeness (QED) is 0.869. The van der Waals surface area contributed by atoms with E-state index in [1.165, 1.54) is 12.7 Å². The molecule has 1 atom stereocenters. The lowest BCUT2D eigenvalue weighted by molar-refractivity contribution is 0.527. The first-order chi connectivity index (χ1) is 9.56. The summed E-state index contributed by atoms with van der Waals surface area (Å²) in [5.41, 5.74) is 1.95. The highest BCUT2D eigenvalue weighted by molar-refractivity contribution is 6.31. The van der Waals surface area contributed by atoms with E-state index in [-0.39, 0.29) is 0 Å². The third-order valence-electron chi connectivity index (χ3n) is 3.20. The molecule has 1 aromatic heterocycles. The fourth-order valence-corrected chi connectivity index (χ4v) is 2.25. The van der Waals surface area contributed by atoms with Crippen LogP contribution in [0, 0.1) is 5.92 Å². The molecular weight excluding hydrogens is 272 g/mol. The van der Waals surface area contributed by atoms with Gasteiger partial charge in [-0.15, -0.1) is 0 Å². The molecule has 1 aromatic carbocycles. The molecule has 0 aliphatic heterocycles. The second kappa shape index (κ2) is 6.75. The molecule has 1 N–H and O–H groups in total. The van der Waals surface area contributed by atoms with Gasteiger partial charge in [-0.3, -0.25) is 0 Å². The molecule has 1 heterocycles. The van der Waals surface area contributed by atoms with E-state index in [1.54, 1.807) is 11.0 Å². The monoisotopic (exact) mass is 292 g/mol. The normalized spacial score (nSPS) is 12.7. The molecule has 2 aromatic rings. The van der Waals surface area contributed by atoms with Crippen LogP contribution in [-0.4, -0.2) is 20.8 Å². The number of rotatable bonds is 6. The topological polar surface area (TPSA) is 42.7 Å². The van der Waals surface area contributed by atoms with E-state index in [2.05, 4.69) is 36.2 Å². The summed E-state index contributed by atoms with van der Waals surface area (Å²) in [5.74, 6) is 0.716. The van der Waals surface area contributed by atoms with E-state index in [0.717, 1.165) is 17.8 Å². The van der Waals surface area contributed by atoms with Crippen molar-refractivity contribution >= 4 is 17.3 Å². The highest BCUT2D eigenvalue weighted by Gasteiger charge is 2.10. The predicted octanol–water partition coefficient (Wildman–Crippen LogP) is 4.16. The summed E-state index contributed by atoms with van der Waals surface area (Å²) in [6.07, 6.45) is 5.54. The largest absolute Gasteiger partial charge is 0.381 e. The molecule has 108 valence electrons. The summed E-state index contributed by atoms with van der Waals surface area (Å²) in [7, 11) is 0. The van der Waals surface area contributed by atoms with Gasteiger partial charge in [0.1, 0.15) is 12.7 Å². The highest BCUT2D eigenvalue weighted by Crippen LogP contribution is 2.25. The Kier molecular flexibility index (Phi) is 5.01. The summed E-state index contributed by atoms with van der Waals surface area (Å²) in [5, 5.41) is 8.42. The number of hydrogen-bond donors (Lipinski definition) is 1. The Morgan fingerprint density at radius 3 is 2.70 bits per heavy atom. The van der Waals surface area contributed by atoms with Crippen LogP contribution in [0.2, 0.25) is 5.02 Å². The first-order valence-electron chi connectivity index (χ1n) is 6.97. The van der Waals surface area contributed by atoms with Crippen LogP contribution in [0.3, 0.4) is 0 Å². The molecule has 0 bridgehead atoms. The Morgan fingerprint density at radius 2 is 2.05 bits per heavy atom. The Morgan fingerprint density at radius 1 is 1.25 bits per heavy atom. The number of nitrogens with zero attached hydrogens (tertiary/aromatic N) is 3. The van der Waals surface area contributed by atoms with Crippen LogP contribution in [0.5, 0.6) is 0 Å². The van der Waals surface area contributed by atoms with Gasteiger partial charge < -0.3 is 5.32 Å². The maximum absolute atomic E-state index is 6.10. The van der Waals surface area contributed by atoms with Crippen molar-refractivity contribution in [2.24, 2.45) is 5.92 Å². The van der Waals surface area contributed by atoms with Gasteiger partial charge in [-0.05, 0) is 43.9 Å². The molecule has 0 amide bonds. The molecule has 4 nitrogen and oxygen atoms in total. The summed E-state index contributed by atoms with van der Waals surface area (Å²) < 4.78 is 1.74. The maximum Gasteiger partial charge on any atom is 0.138 e. The van der Waals surface area contributed by atoms with Crippen LogP contribution >= 0.6 is 11.6 Å². The van der Waals surface area contributed by atoms with Gasteiger partial charge in [0.2, 0.25) is 0 Å². The van der Waals surface area contributed by atoms with Gasteiger partial charge in [0.25, 0.3) is 0 Å². The van der Waals surface area contributed by atoms with Crippen molar-refractivity contribution in [3.63, 3.8) is 0 Å². The van der Waals surface area contributed by atoms with E-state index >= 15 is 0 Å². The SMILES string of the molecule is CC(C)CCC(C)Nc1cc(Cl)ccc1-n1cncn1. The van der Waals surface area contributed by atoms with Crippen molar-refractivity contribution < 1.29 is 0 Å². The zero-order chi connectivity index (χ0) is 14.5. The average Bonchev–Trinajstić information content (AvgIpc) is 2.90. The standard InChI is InChI=1S/C15H21ClN4/c1-11(2)4-5-12(3)19-14-8-13(16)6-7-15(14)20-10-17-9-18-20/h6-12,19H,4-5H2,1-3H3. The number of anilines is 1. The van der Waals surface area contributed by atoms with Gasteiger partial charge in [-0.1, -0.05) is 25.4 Å². The van der Waals surface area contributed by atoms with Crippen molar-refractivity contribution in [3.8, 4) is 5.69 Å². The van der Waals surface area contributed by atoms with Gasteiger partial charge in [0.15, 0.2) is 0 Å². The molecule has 0 radical (unpaired) electrons. The van der Waals surface area contributed by atoms with Crippen LogP contribution in [0.25, 0.3) is 5.69 Å². The number of benzene rings is 1. The van der Waals surface area contributed by atoms with Crippen molar-refractivity contribution in [1.29, 1.82) is 0 Å². The smallest absolute Gasteiger partial charge is 0.138 e. The van der Waals surface area contributed by atoms with Crippen LogP contribution in [0.1, 0.15) is 33.6 Å². The van der Waals surface area contributed by atoms with Gasteiger partial charge >= 0.3 is 0 Å². The number of aromatic nitrogens is 3. The number of halogens is 1. The first kappa shape index (κ1) is 14.9. The van der Waals surface area contributed by atoms with Gasteiger partial charge in [-0.25, -0.2) is 9.67 Å². The molecule has 0 aliphatic rings. The molecule has 5 heteroatoms. The lowest BCUT2D eigenvalue weighted by atomic mass is 10.0. The summed E-state index contributed by atoms with van der Waals surface area (Å²) in [6.45, 7) is 6.67. The molecular formula is C15H21ClN4. The molecule has 0 spiro atoms. The fourth-order valence-electron chi connectivity index (χ4n) is 2.08. The lowest BCUT2D eigenvalue weighted by Crippen LogP contribution is -2.17. The molecule has 0 aliphatic carbocycles. The second-order valence-corrected chi connectivity index (χ2v) is 5.95. The van der Waals surface area contributed by atoms with Gasteiger partial charge in [0, 0.05) is 11.1 Å². The summed E-state index contributed by atoms with van der Waals surface area (Å²) >= 11 is 6.10. The Labute approximate surface area is 125 Å². The Bertz CT molecular complexity index is 537. The zero-order valence-corrected chi connectivity index (χ0v) is 12.9. The third-order valence-corrected chi connectivity index (χ3v) is 3.44. The van der Waals surface area contributed by atoms with Crippen LogP contribution in [-0.2, 0) is 0 Å². The Balaban J connectivity index is 2.16. The molecule has 0 saturated carbocycles. The lowest BCUT2D eigenvalue weighted by Gasteiger charge is -2.19. The minimum absolute atomic E-state index is 0.387. The van der Waals surface area contributed by atoms with Crippen LogP contribution in [0.15, 0.2) is 30.9 Å². The molecule has 0 fully saturated rings. The predicted molar refractivity (Wildman–Crippen MR) is 83.5 cm³/mol. The second-order valence-electron chi connectivity index (χ2n) is 5.52. The number of nitrogens with one attached hydrogen (secondary N) is 1. The minimum atomic E-state index is 0.387. The minimum Gasteiger partial charge on any atom is -0.381 e. The summed E-state index contributed by atoms with van der Waals surface area (Å²) in [4.78, 5) is 3.99. The molecule has 0 saturated heterocycles. The van der Waals surface area contributed by atoms with Crippen molar-refractivity contribution in [1.82, 2.24) is 14.8 Å². The van der Waals surface area contributed by atoms with Crippen LogP contribution < -0.4 is 5.32 Å². The zero-order valence-electron chi connectivity index (χ0n) is 12.2. The molecule has 1 unspecified atom stereocenters. The number of hydrogen-bond acceptors (Lipinski definition) is 3. The maximum atomic E-state index is 6.10. The van der Waals surface area contributed by atoms with E-state index in [0.29, 0.717) is 17.0 Å². The fraction of sp³-hybridized carbons (Fsp3) is 0.467. The van der Waals surface area contributed by atoms with Gasteiger partial charge in [-0.2, -0.15) is 5.10 Å². The van der Waals surface area contributed by atoms with E-state index in [4.69, 9.17) is 11.6 Å². The van der Waals surface area contributed by atoms with Crippen molar-refractivity contribution in [3.05, 3.63) is 35.9 Å². The summed E-state index contributed by atoms with van der Waals surface area (Å²) in [6, 6.07) is 6.14. The van der Waals surface area contributed by atoms with Crippen molar-refractivity contribution in [2.45, 2.75) is 39.7 Å². The van der Waals surface area contributed by atoms with E-state index < -0.39 is 0 Å². The van der Waals surface area contributed by atoms with E-state index in [1.807, 2.05) is 18.2 Å². The Hall–Kier alpha value is -1.55. The molecule has 2 rings (SSSR count). The first-order valence-corrected chi connectivity index (χ1v) is 7.35. The highest BCUT2D eigenvalue weighted by atomic mass is 35.5. The third kappa shape index (κ3) is 3.97. The van der Waals surface area contributed by atoms with E-state index in [9.17, 15) is 0 Å².